The molecule has 0 fully saturated rings. The van der Waals surface area contributed by atoms with Crippen LogP contribution in [-0.2, 0) is 0 Å². The second kappa shape index (κ2) is 8.86. The first kappa shape index (κ1) is 24.7. The molecule has 5 aromatic rings. The number of benzene rings is 5. The van der Waals surface area contributed by atoms with Gasteiger partial charge < -0.3 is 0 Å². The van der Waals surface area contributed by atoms with Crippen LogP contribution in [0.25, 0.3) is 43.8 Å². The zero-order valence-corrected chi connectivity index (χ0v) is 25.1. The van der Waals surface area contributed by atoms with Crippen molar-refractivity contribution in [3.8, 4) is 22.3 Å². The summed E-state index contributed by atoms with van der Waals surface area (Å²) >= 11 is 0. The highest BCUT2D eigenvalue weighted by Gasteiger charge is 2.24. The van der Waals surface area contributed by atoms with Crippen LogP contribution in [0.4, 0.5) is 0 Å². The fraction of sp³-hybridized carbons (Fsp3) is 0.235. The van der Waals surface area contributed by atoms with E-state index in [1.54, 1.807) is 0 Å². The molecule has 0 amide bonds. The van der Waals surface area contributed by atoms with E-state index in [1.165, 1.54) is 65.3 Å². The van der Waals surface area contributed by atoms with Gasteiger partial charge in [0.25, 0.3) is 0 Å². The summed E-state index contributed by atoms with van der Waals surface area (Å²) in [6, 6.07) is 32.5. The highest BCUT2D eigenvalue weighted by atomic mass is 28.3. The third-order valence-corrected chi connectivity index (χ3v) is 11.8. The van der Waals surface area contributed by atoms with Crippen LogP contribution in [0.3, 0.4) is 0 Å². The second-order valence-corrected chi connectivity index (χ2v) is 22.6. The Kier molecular flexibility index (Phi) is 6.09. The predicted molar refractivity (Wildman–Crippen MR) is 168 cm³/mol. The molecule has 0 aromatic heterocycles. The highest BCUT2D eigenvalue weighted by molar-refractivity contribution is 6.89. The maximum atomic E-state index is 2.52. The van der Waals surface area contributed by atoms with Crippen molar-refractivity contribution >= 4 is 48.1 Å². The lowest BCUT2D eigenvalue weighted by molar-refractivity contribution is 1.47. The van der Waals surface area contributed by atoms with Gasteiger partial charge in [-0.1, -0.05) is 135 Å². The van der Waals surface area contributed by atoms with Gasteiger partial charge >= 0.3 is 0 Å². The average molecular weight is 503 g/mol. The van der Waals surface area contributed by atoms with Crippen molar-refractivity contribution in [2.75, 3.05) is 0 Å². The van der Waals surface area contributed by atoms with E-state index in [-0.39, 0.29) is 0 Å². The lowest BCUT2D eigenvalue weighted by Gasteiger charge is -2.24. The van der Waals surface area contributed by atoms with Gasteiger partial charge in [0.15, 0.2) is 0 Å². The lowest BCUT2D eigenvalue weighted by atomic mass is 9.84. The quantitative estimate of drug-likeness (QED) is 0.170. The van der Waals surface area contributed by atoms with E-state index in [1.807, 2.05) is 0 Å². The van der Waals surface area contributed by atoms with Crippen molar-refractivity contribution in [1.82, 2.24) is 0 Å². The maximum absolute atomic E-state index is 2.52. The summed E-state index contributed by atoms with van der Waals surface area (Å²) in [6.45, 7) is 19.2. The number of aryl methyl sites for hydroxylation is 2. The summed E-state index contributed by atoms with van der Waals surface area (Å²) in [4.78, 5) is 0. The minimum absolute atomic E-state index is 1.33. The lowest BCUT2D eigenvalue weighted by Crippen LogP contribution is -2.37. The van der Waals surface area contributed by atoms with Crippen LogP contribution in [0.15, 0.2) is 84.9 Å². The van der Waals surface area contributed by atoms with E-state index in [0.29, 0.717) is 0 Å². The van der Waals surface area contributed by atoms with Crippen LogP contribution in [-0.4, -0.2) is 16.1 Å². The summed E-state index contributed by atoms with van der Waals surface area (Å²) in [7, 11) is -2.98. The van der Waals surface area contributed by atoms with E-state index >= 15 is 0 Å². The van der Waals surface area contributed by atoms with Crippen LogP contribution in [0.1, 0.15) is 11.1 Å². The molecule has 0 radical (unpaired) electrons. The van der Waals surface area contributed by atoms with E-state index in [4.69, 9.17) is 0 Å². The summed E-state index contributed by atoms with van der Waals surface area (Å²) < 4.78 is 0. The molecule has 182 valence electrons. The second-order valence-electron chi connectivity index (χ2n) is 12.4. The van der Waals surface area contributed by atoms with E-state index in [2.05, 4.69) is 138 Å². The number of hydrogen-bond donors (Lipinski definition) is 0. The number of hydrogen-bond acceptors (Lipinski definition) is 0. The SMILES string of the molecule is Cc1ccccc1-c1c2ccc([Si](C)(C)C)cc2c(-c2ccccc2C)c2ccc([Si](C)(C)C)cc12. The predicted octanol–water partition coefficient (Wildman–Crippen LogP) is 9.03. The van der Waals surface area contributed by atoms with Crippen molar-refractivity contribution in [3.63, 3.8) is 0 Å². The fourth-order valence-corrected chi connectivity index (χ4v) is 7.77. The maximum Gasteiger partial charge on any atom is 0.0776 e. The van der Waals surface area contributed by atoms with Crippen LogP contribution in [0.5, 0.6) is 0 Å². The summed E-state index contributed by atoms with van der Waals surface area (Å²) in [5.74, 6) is 0. The van der Waals surface area contributed by atoms with Gasteiger partial charge in [-0.2, -0.15) is 0 Å². The molecular weight excluding hydrogens is 465 g/mol. The summed E-state index contributed by atoms with van der Waals surface area (Å²) in [5, 5.41) is 8.53. The molecule has 0 saturated heterocycles. The molecule has 0 nitrogen and oxygen atoms in total. The third kappa shape index (κ3) is 4.27. The molecule has 0 spiro atoms. The minimum Gasteiger partial charge on any atom is -0.0656 e. The number of fused-ring (bicyclic) bond motifs is 2. The van der Waals surface area contributed by atoms with Crippen molar-refractivity contribution in [2.24, 2.45) is 0 Å². The zero-order valence-electron chi connectivity index (χ0n) is 23.1. The normalized spacial score (nSPS) is 12.4. The minimum atomic E-state index is -1.49. The molecule has 0 bridgehead atoms. The average Bonchev–Trinajstić information content (AvgIpc) is 2.82. The summed E-state index contributed by atoms with van der Waals surface area (Å²) in [6.07, 6.45) is 0. The first-order chi connectivity index (χ1) is 17.0. The molecule has 0 atom stereocenters. The standard InChI is InChI=1S/C34H38Si2/c1-23-13-9-11-15-27(23)33-29-19-17-26(36(6,7)8)22-32(29)34(28-16-12-10-14-24(28)2)30-20-18-25(21-31(30)33)35(3,4)5/h9-22H,1-8H3. The van der Waals surface area contributed by atoms with E-state index in [9.17, 15) is 0 Å². The van der Waals surface area contributed by atoms with E-state index in [0.717, 1.165) is 0 Å². The molecule has 0 heterocycles. The molecule has 5 aromatic carbocycles. The van der Waals surface area contributed by atoms with Crippen molar-refractivity contribution in [1.29, 1.82) is 0 Å². The molecule has 36 heavy (non-hydrogen) atoms. The number of rotatable bonds is 4. The summed E-state index contributed by atoms with van der Waals surface area (Å²) in [5.41, 5.74) is 8.12. The zero-order chi connectivity index (χ0) is 25.8. The Balaban J connectivity index is 2.07. The molecular formula is C34H38Si2. The van der Waals surface area contributed by atoms with Gasteiger partial charge in [0.2, 0.25) is 0 Å². The molecule has 2 heteroatoms. The third-order valence-electron chi connectivity index (χ3n) is 7.68. The van der Waals surface area contributed by atoms with Gasteiger partial charge in [-0.3, -0.25) is 0 Å². The largest absolute Gasteiger partial charge is 0.0776 e. The van der Waals surface area contributed by atoms with Gasteiger partial charge in [0, 0.05) is 0 Å². The Bertz CT molecular complexity index is 1490. The van der Waals surface area contributed by atoms with Crippen molar-refractivity contribution in [3.05, 3.63) is 96.1 Å². The Morgan fingerprint density at radius 1 is 0.417 bits per heavy atom. The van der Waals surface area contributed by atoms with Crippen LogP contribution < -0.4 is 10.4 Å². The van der Waals surface area contributed by atoms with Gasteiger partial charge in [0.1, 0.15) is 0 Å². The molecule has 0 aliphatic carbocycles. The fourth-order valence-electron chi connectivity index (χ4n) is 5.45. The Labute approximate surface area is 219 Å². The van der Waals surface area contributed by atoms with E-state index < -0.39 is 16.1 Å². The van der Waals surface area contributed by atoms with Gasteiger partial charge in [-0.15, -0.1) is 0 Å². The molecule has 0 aliphatic heterocycles. The Hall–Kier alpha value is -2.95. The monoisotopic (exact) mass is 502 g/mol. The van der Waals surface area contributed by atoms with Crippen LogP contribution >= 0.6 is 0 Å². The smallest absolute Gasteiger partial charge is 0.0656 e. The molecule has 5 rings (SSSR count). The first-order valence-electron chi connectivity index (χ1n) is 13.1. The molecule has 0 N–H and O–H groups in total. The highest BCUT2D eigenvalue weighted by Crippen LogP contribution is 2.44. The van der Waals surface area contributed by atoms with Crippen LogP contribution in [0.2, 0.25) is 39.3 Å². The van der Waals surface area contributed by atoms with Crippen molar-refractivity contribution < 1.29 is 0 Å². The Morgan fingerprint density at radius 3 is 1.11 bits per heavy atom. The molecule has 0 unspecified atom stereocenters. The van der Waals surface area contributed by atoms with Crippen LogP contribution in [0, 0.1) is 13.8 Å². The molecule has 0 aliphatic rings. The van der Waals surface area contributed by atoms with Crippen molar-refractivity contribution in [2.45, 2.75) is 53.1 Å². The Morgan fingerprint density at radius 2 is 0.778 bits per heavy atom. The topological polar surface area (TPSA) is 0 Å². The van der Waals surface area contributed by atoms with Gasteiger partial charge in [0.05, 0.1) is 16.1 Å². The van der Waals surface area contributed by atoms with Gasteiger partial charge in [-0.25, -0.2) is 0 Å². The first-order valence-corrected chi connectivity index (χ1v) is 20.1. The van der Waals surface area contributed by atoms with Gasteiger partial charge in [-0.05, 0) is 68.8 Å². The molecule has 0 saturated carbocycles.